The lowest BCUT2D eigenvalue weighted by molar-refractivity contribution is 0.556. The van der Waals surface area contributed by atoms with Crippen molar-refractivity contribution in [3.05, 3.63) is 47.5 Å². The van der Waals surface area contributed by atoms with E-state index in [4.69, 9.17) is 0 Å². The van der Waals surface area contributed by atoms with E-state index >= 15 is 0 Å². The van der Waals surface area contributed by atoms with Crippen molar-refractivity contribution in [2.24, 2.45) is 0 Å². The summed E-state index contributed by atoms with van der Waals surface area (Å²) in [5.41, 5.74) is 5.58. The van der Waals surface area contributed by atoms with E-state index in [-0.39, 0.29) is 0 Å². The lowest BCUT2D eigenvalue weighted by Crippen LogP contribution is -1.92. The Kier molecular flexibility index (Phi) is 7.17. The first-order valence-corrected chi connectivity index (χ1v) is 10.8. The molecule has 0 saturated heterocycles. The molecule has 0 amide bonds. The van der Waals surface area contributed by atoms with Crippen LogP contribution in [0.5, 0.6) is 0 Å². The van der Waals surface area contributed by atoms with Crippen LogP contribution >= 0.6 is 0 Å². The molecule has 0 saturated carbocycles. The third-order valence-corrected chi connectivity index (χ3v) is 5.80. The highest BCUT2D eigenvalue weighted by Crippen LogP contribution is 2.30. The number of H-pyrrole nitrogens is 1. The van der Waals surface area contributed by atoms with Crippen molar-refractivity contribution in [3.63, 3.8) is 0 Å². The van der Waals surface area contributed by atoms with E-state index in [1.165, 1.54) is 104 Å². The van der Waals surface area contributed by atoms with Gasteiger partial charge in [-0.1, -0.05) is 95.0 Å². The molecule has 1 aromatic heterocycles. The molecular formula is C25H35N. The van der Waals surface area contributed by atoms with Gasteiger partial charge in [0.15, 0.2) is 0 Å². The highest BCUT2D eigenvalue weighted by atomic mass is 14.7. The number of para-hydroxylation sites is 1. The van der Waals surface area contributed by atoms with Crippen LogP contribution in [0, 0.1) is 6.92 Å². The molecule has 0 fully saturated rings. The van der Waals surface area contributed by atoms with Crippen LogP contribution in [0.1, 0.15) is 82.3 Å². The molecule has 0 aliphatic carbocycles. The first kappa shape index (κ1) is 19.0. The number of unbranched alkanes of at least 4 members (excludes halogenated alkanes) is 9. The van der Waals surface area contributed by atoms with E-state index in [9.17, 15) is 0 Å². The van der Waals surface area contributed by atoms with E-state index in [0.717, 1.165) is 0 Å². The quantitative estimate of drug-likeness (QED) is 0.337. The summed E-state index contributed by atoms with van der Waals surface area (Å²) in [5.74, 6) is 0. The van der Waals surface area contributed by atoms with E-state index in [1.807, 2.05) is 0 Å². The Morgan fingerprint density at radius 3 is 2.08 bits per heavy atom. The molecule has 1 heteroatoms. The molecule has 0 aliphatic rings. The first-order chi connectivity index (χ1) is 12.8. The summed E-state index contributed by atoms with van der Waals surface area (Å²) in [6, 6.07) is 13.3. The van der Waals surface area contributed by atoms with Crippen LogP contribution in [-0.4, -0.2) is 4.98 Å². The second-order valence-corrected chi connectivity index (χ2v) is 7.89. The van der Waals surface area contributed by atoms with Gasteiger partial charge in [-0.3, -0.25) is 0 Å². The van der Waals surface area contributed by atoms with Crippen molar-refractivity contribution in [2.75, 3.05) is 0 Å². The zero-order valence-corrected chi connectivity index (χ0v) is 16.7. The fraction of sp³-hybridized carbons (Fsp3) is 0.520. The van der Waals surface area contributed by atoms with Gasteiger partial charge in [-0.05, 0) is 37.0 Å². The molecular weight excluding hydrogens is 314 g/mol. The van der Waals surface area contributed by atoms with Crippen LogP contribution in [0.2, 0.25) is 0 Å². The van der Waals surface area contributed by atoms with Crippen LogP contribution in [0.4, 0.5) is 0 Å². The molecule has 0 spiro atoms. The maximum Gasteiger partial charge on any atom is 0.0500 e. The normalized spacial score (nSPS) is 11.6. The fourth-order valence-electron chi connectivity index (χ4n) is 4.19. The Hall–Kier alpha value is -1.76. The summed E-state index contributed by atoms with van der Waals surface area (Å²) < 4.78 is 0. The molecule has 1 N–H and O–H groups in total. The largest absolute Gasteiger partial charge is 0.354 e. The Balaban J connectivity index is 1.49. The van der Waals surface area contributed by atoms with Gasteiger partial charge in [-0.2, -0.15) is 0 Å². The van der Waals surface area contributed by atoms with Crippen molar-refractivity contribution in [3.8, 4) is 0 Å². The van der Waals surface area contributed by atoms with Crippen molar-refractivity contribution >= 4 is 21.8 Å². The van der Waals surface area contributed by atoms with Gasteiger partial charge in [-0.15, -0.1) is 0 Å². The van der Waals surface area contributed by atoms with Gasteiger partial charge in [0.05, 0.1) is 0 Å². The summed E-state index contributed by atoms with van der Waals surface area (Å²) in [6.45, 7) is 4.55. The average Bonchev–Trinajstić information content (AvgIpc) is 3.03. The topological polar surface area (TPSA) is 15.8 Å². The van der Waals surface area contributed by atoms with Crippen LogP contribution in [0.3, 0.4) is 0 Å². The van der Waals surface area contributed by atoms with Crippen molar-refractivity contribution in [1.82, 2.24) is 4.98 Å². The monoisotopic (exact) mass is 349 g/mol. The van der Waals surface area contributed by atoms with E-state index < -0.39 is 0 Å². The third-order valence-electron chi connectivity index (χ3n) is 5.80. The second-order valence-electron chi connectivity index (χ2n) is 7.89. The SMILES string of the molecule is CCCCCCCCCCCCc1c(C)ccc2c1[nH]c1ccccc12. The zero-order chi connectivity index (χ0) is 18.2. The van der Waals surface area contributed by atoms with Crippen LogP contribution in [0.15, 0.2) is 36.4 Å². The molecule has 1 heterocycles. The van der Waals surface area contributed by atoms with E-state index in [0.29, 0.717) is 0 Å². The number of aromatic nitrogens is 1. The number of benzene rings is 2. The van der Waals surface area contributed by atoms with Crippen LogP contribution in [0.25, 0.3) is 21.8 Å². The Labute approximate surface area is 159 Å². The smallest absolute Gasteiger partial charge is 0.0500 e. The minimum absolute atomic E-state index is 1.20. The Morgan fingerprint density at radius 1 is 0.692 bits per heavy atom. The average molecular weight is 350 g/mol. The van der Waals surface area contributed by atoms with Gasteiger partial charge < -0.3 is 4.98 Å². The lowest BCUT2D eigenvalue weighted by atomic mass is 9.98. The molecule has 26 heavy (non-hydrogen) atoms. The highest BCUT2D eigenvalue weighted by Gasteiger charge is 2.10. The number of hydrogen-bond acceptors (Lipinski definition) is 0. The molecule has 3 rings (SSSR count). The Morgan fingerprint density at radius 2 is 1.35 bits per heavy atom. The van der Waals surface area contributed by atoms with Crippen molar-refractivity contribution in [1.29, 1.82) is 0 Å². The standard InChI is InChI=1S/C25H35N/c1-3-4-5-6-7-8-9-10-11-12-15-21-20(2)18-19-23-22-16-13-14-17-24(22)26-25(21)23/h13-14,16-19,26H,3-12,15H2,1-2H3. The summed E-state index contributed by atoms with van der Waals surface area (Å²) >= 11 is 0. The minimum Gasteiger partial charge on any atom is -0.354 e. The number of nitrogens with one attached hydrogen (secondary N) is 1. The van der Waals surface area contributed by atoms with E-state index in [2.05, 4.69) is 55.2 Å². The maximum atomic E-state index is 3.67. The summed E-state index contributed by atoms with van der Waals surface area (Å²) in [6.07, 6.45) is 15.2. The summed E-state index contributed by atoms with van der Waals surface area (Å²) in [5, 5.41) is 2.74. The lowest BCUT2D eigenvalue weighted by Gasteiger charge is -2.08. The summed E-state index contributed by atoms with van der Waals surface area (Å²) in [7, 11) is 0. The molecule has 1 nitrogen and oxygen atoms in total. The van der Waals surface area contributed by atoms with Gasteiger partial charge in [0.25, 0.3) is 0 Å². The number of hydrogen-bond donors (Lipinski definition) is 1. The first-order valence-electron chi connectivity index (χ1n) is 10.8. The molecule has 140 valence electrons. The van der Waals surface area contributed by atoms with Gasteiger partial charge in [0.1, 0.15) is 0 Å². The molecule has 0 unspecified atom stereocenters. The third kappa shape index (κ3) is 4.69. The molecule has 0 aliphatic heterocycles. The van der Waals surface area contributed by atoms with Crippen LogP contribution < -0.4 is 0 Å². The number of rotatable bonds is 11. The van der Waals surface area contributed by atoms with Gasteiger partial charge >= 0.3 is 0 Å². The van der Waals surface area contributed by atoms with Gasteiger partial charge in [0.2, 0.25) is 0 Å². The minimum atomic E-state index is 1.20. The van der Waals surface area contributed by atoms with Crippen molar-refractivity contribution < 1.29 is 0 Å². The van der Waals surface area contributed by atoms with E-state index in [1.54, 1.807) is 0 Å². The molecule has 0 radical (unpaired) electrons. The second kappa shape index (κ2) is 9.80. The van der Waals surface area contributed by atoms with Gasteiger partial charge in [0, 0.05) is 21.8 Å². The van der Waals surface area contributed by atoms with Crippen LogP contribution in [-0.2, 0) is 6.42 Å². The molecule has 0 atom stereocenters. The predicted molar refractivity (Wildman–Crippen MR) is 116 cm³/mol. The van der Waals surface area contributed by atoms with Crippen molar-refractivity contribution in [2.45, 2.75) is 84.5 Å². The summed E-state index contributed by atoms with van der Waals surface area (Å²) in [4.78, 5) is 3.67. The van der Waals surface area contributed by atoms with Gasteiger partial charge in [-0.25, -0.2) is 0 Å². The maximum absolute atomic E-state index is 3.67. The predicted octanol–water partition coefficient (Wildman–Crippen LogP) is 8.09. The molecule has 3 aromatic rings. The number of aryl methyl sites for hydroxylation is 2. The highest BCUT2D eigenvalue weighted by molar-refractivity contribution is 6.08. The Bertz CT molecular complexity index is 811. The zero-order valence-electron chi connectivity index (χ0n) is 16.7. The number of aromatic amines is 1. The molecule has 2 aromatic carbocycles. The number of fused-ring (bicyclic) bond motifs is 3. The molecule has 0 bridgehead atoms. The fourth-order valence-corrected chi connectivity index (χ4v) is 4.19.